The zero-order valence-electron chi connectivity index (χ0n) is 11.2. The predicted molar refractivity (Wildman–Crippen MR) is 72.2 cm³/mol. The summed E-state index contributed by atoms with van der Waals surface area (Å²) in [5.74, 6) is 0.101. The van der Waals surface area contributed by atoms with E-state index in [0.29, 0.717) is 5.56 Å². The Morgan fingerprint density at radius 2 is 1.84 bits per heavy atom. The van der Waals surface area contributed by atoms with Crippen LogP contribution >= 0.6 is 10.7 Å². The van der Waals surface area contributed by atoms with E-state index in [1.807, 2.05) is 0 Å². The van der Waals surface area contributed by atoms with Crippen LogP contribution in [0.2, 0.25) is 0 Å². The van der Waals surface area contributed by atoms with Gasteiger partial charge >= 0.3 is 0 Å². The first-order chi connectivity index (χ1) is 8.58. The van der Waals surface area contributed by atoms with Crippen molar-refractivity contribution in [3.8, 4) is 11.5 Å². The summed E-state index contributed by atoms with van der Waals surface area (Å²) < 4.78 is 46.6. The van der Waals surface area contributed by atoms with Gasteiger partial charge in [0.15, 0.2) is 11.5 Å². The smallest absolute Gasteiger partial charge is 0.236 e. The van der Waals surface area contributed by atoms with Crippen LogP contribution in [0.5, 0.6) is 11.5 Å². The molecule has 0 saturated heterocycles. The van der Waals surface area contributed by atoms with Crippen molar-refractivity contribution in [3.63, 3.8) is 0 Å². The lowest BCUT2D eigenvalue weighted by Gasteiger charge is -2.21. The van der Waals surface area contributed by atoms with Gasteiger partial charge in [0, 0.05) is 16.2 Å². The average molecular weight is 311 g/mol. The zero-order valence-corrected chi connectivity index (χ0v) is 12.7. The fourth-order valence-corrected chi connectivity index (χ4v) is 2.69. The molecule has 0 aliphatic rings. The maximum Gasteiger partial charge on any atom is 0.236 e. The highest BCUT2D eigenvalue weighted by molar-refractivity contribution is 8.13. The summed E-state index contributed by atoms with van der Waals surface area (Å²) >= 11 is 0. The molecule has 1 aromatic rings. The van der Waals surface area contributed by atoms with Gasteiger partial charge in [0.1, 0.15) is 5.67 Å². The molecule has 4 nitrogen and oxygen atoms in total. The molecular formula is C12H16ClFO4S. The molecule has 0 aromatic heterocycles. The van der Waals surface area contributed by atoms with E-state index in [4.69, 9.17) is 20.2 Å². The molecule has 0 heterocycles. The number of benzene rings is 1. The molecule has 0 atom stereocenters. The van der Waals surface area contributed by atoms with Gasteiger partial charge in [0.05, 0.1) is 20.0 Å². The minimum absolute atomic E-state index is 0.213. The lowest BCUT2D eigenvalue weighted by molar-refractivity contribution is 0.211. The summed E-state index contributed by atoms with van der Waals surface area (Å²) in [6.07, 6.45) is 0. The van der Waals surface area contributed by atoms with E-state index in [9.17, 15) is 12.8 Å². The van der Waals surface area contributed by atoms with E-state index in [-0.39, 0.29) is 17.1 Å². The molecule has 0 fully saturated rings. The maximum absolute atomic E-state index is 14.2. The average Bonchev–Trinajstić information content (AvgIpc) is 2.24. The standard InChI is InChI=1S/C12H16ClFO4S/c1-12(2,14)9-5-8(7-19(13,15)16)6-10(17-3)11(9)18-4/h5-6H,7H2,1-4H3. The third-order valence-corrected chi connectivity index (χ3v) is 3.52. The molecule has 0 radical (unpaired) electrons. The minimum atomic E-state index is -3.73. The lowest BCUT2D eigenvalue weighted by Crippen LogP contribution is -2.13. The fourth-order valence-electron chi connectivity index (χ4n) is 1.75. The van der Waals surface area contributed by atoms with E-state index in [1.165, 1.54) is 40.2 Å². The van der Waals surface area contributed by atoms with Gasteiger partial charge in [-0.3, -0.25) is 0 Å². The number of methoxy groups -OCH3 is 2. The number of rotatable bonds is 5. The summed E-state index contributed by atoms with van der Waals surface area (Å²) in [5, 5.41) is 0. The highest BCUT2D eigenvalue weighted by Gasteiger charge is 2.27. The van der Waals surface area contributed by atoms with Gasteiger partial charge in [0.2, 0.25) is 9.05 Å². The van der Waals surface area contributed by atoms with Crippen LogP contribution in [0.4, 0.5) is 4.39 Å². The van der Waals surface area contributed by atoms with Crippen LogP contribution in [0, 0.1) is 0 Å². The van der Waals surface area contributed by atoms with Crippen LogP contribution < -0.4 is 9.47 Å². The Hall–Kier alpha value is -1.01. The number of hydrogen-bond acceptors (Lipinski definition) is 4. The Labute approximate surface area is 116 Å². The molecule has 108 valence electrons. The summed E-state index contributed by atoms with van der Waals surface area (Å²) in [6, 6.07) is 2.88. The summed E-state index contributed by atoms with van der Waals surface area (Å²) in [7, 11) is 4.27. The van der Waals surface area contributed by atoms with Crippen molar-refractivity contribution < 1.29 is 22.3 Å². The van der Waals surface area contributed by atoms with E-state index in [0.717, 1.165) is 0 Å². The van der Waals surface area contributed by atoms with Crippen LogP contribution in [0.3, 0.4) is 0 Å². The highest BCUT2D eigenvalue weighted by atomic mass is 35.7. The highest BCUT2D eigenvalue weighted by Crippen LogP contribution is 2.40. The molecule has 0 spiro atoms. The van der Waals surface area contributed by atoms with Gasteiger partial charge in [-0.15, -0.1) is 0 Å². The first kappa shape index (κ1) is 16.0. The van der Waals surface area contributed by atoms with Crippen LogP contribution in [0.15, 0.2) is 12.1 Å². The molecule has 19 heavy (non-hydrogen) atoms. The van der Waals surface area contributed by atoms with Gasteiger partial charge in [-0.1, -0.05) is 0 Å². The SMILES string of the molecule is COc1cc(CS(=O)(=O)Cl)cc(C(C)(C)F)c1OC. The molecule has 0 aliphatic carbocycles. The number of ether oxygens (including phenoxy) is 2. The van der Waals surface area contributed by atoms with E-state index >= 15 is 0 Å². The third-order valence-electron chi connectivity index (χ3n) is 2.52. The Bertz CT molecular complexity index is 564. The Morgan fingerprint density at radius 3 is 2.21 bits per heavy atom. The fraction of sp³-hybridized carbons (Fsp3) is 0.500. The van der Waals surface area contributed by atoms with E-state index in [1.54, 1.807) is 0 Å². The van der Waals surface area contributed by atoms with Crippen molar-refractivity contribution in [3.05, 3.63) is 23.3 Å². The van der Waals surface area contributed by atoms with Crippen molar-refractivity contribution in [1.29, 1.82) is 0 Å². The largest absolute Gasteiger partial charge is 0.493 e. The third kappa shape index (κ3) is 4.24. The minimum Gasteiger partial charge on any atom is -0.493 e. The predicted octanol–water partition coefficient (Wildman–Crippen LogP) is 2.98. The van der Waals surface area contributed by atoms with Crippen LogP contribution in [-0.2, 0) is 20.5 Å². The molecule has 1 aromatic carbocycles. The Balaban J connectivity index is 3.47. The number of alkyl halides is 1. The van der Waals surface area contributed by atoms with Gasteiger partial charge in [-0.25, -0.2) is 12.8 Å². The molecular weight excluding hydrogens is 295 g/mol. The van der Waals surface area contributed by atoms with Gasteiger partial charge in [0.25, 0.3) is 0 Å². The van der Waals surface area contributed by atoms with Crippen molar-refractivity contribution in [2.75, 3.05) is 14.2 Å². The molecule has 0 amide bonds. The Morgan fingerprint density at radius 1 is 1.26 bits per heavy atom. The molecule has 0 aliphatic heterocycles. The van der Waals surface area contributed by atoms with E-state index < -0.39 is 20.5 Å². The monoisotopic (exact) mass is 310 g/mol. The summed E-state index contributed by atoms with van der Waals surface area (Å²) in [6.45, 7) is 2.70. The normalized spacial score (nSPS) is 12.3. The van der Waals surface area contributed by atoms with Crippen molar-refractivity contribution in [1.82, 2.24) is 0 Å². The second-order valence-corrected chi connectivity index (χ2v) is 7.31. The molecule has 0 N–H and O–H groups in total. The maximum atomic E-state index is 14.2. The lowest BCUT2D eigenvalue weighted by atomic mass is 9.96. The van der Waals surface area contributed by atoms with Crippen molar-refractivity contribution in [2.45, 2.75) is 25.3 Å². The van der Waals surface area contributed by atoms with Crippen LogP contribution in [-0.4, -0.2) is 22.6 Å². The second-order valence-electron chi connectivity index (χ2n) is 4.53. The zero-order chi connectivity index (χ0) is 14.8. The van der Waals surface area contributed by atoms with Crippen molar-refractivity contribution >= 4 is 19.7 Å². The molecule has 0 bridgehead atoms. The van der Waals surface area contributed by atoms with Gasteiger partial charge < -0.3 is 9.47 Å². The molecule has 1 rings (SSSR count). The van der Waals surface area contributed by atoms with Crippen molar-refractivity contribution in [2.24, 2.45) is 0 Å². The van der Waals surface area contributed by atoms with Crippen LogP contribution in [0.25, 0.3) is 0 Å². The molecule has 0 unspecified atom stereocenters. The summed E-state index contributed by atoms with van der Waals surface area (Å²) in [4.78, 5) is 0. The first-order valence-corrected chi connectivity index (χ1v) is 7.93. The van der Waals surface area contributed by atoms with Gasteiger partial charge in [-0.2, -0.15) is 0 Å². The molecule has 0 saturated carbocycles. The van der Waals surface area contributed by atoms with Gasteiger partial charge in [-0.05, 0) is 31.5 Å². The number of halogens is 2. The Kier molecular flexibility index (Phi) is 4.68. The second kappa shape index (κ2) is 5.54. The van der Waals surface area contributed by atoms with E-state index in [2.05, 4.69) is 0 Å². The first-order valence-electron chi connectivity index (χ1n) is 5.45. The summed E-state index contributed by atoms with van der Waals surface area (Å²) in [5.41, 5.74) is -1.15. The number of hydrogen-bond donors (Lipinski definition) is 0. The van der Waals surface area contributed by atoms with Crippen LogP contribution in [0.1, 0.15) is 25.0 Å². The molecule has 7 heteroatoms. The topological polar surface area (TPSA) is 52.6 Å². The quantitative estimate of drug-likeness (QED) is 0.785.